The maximum Gasteiger partial charge on any atom is 0.160 e. The normalized spacial score (nSPS) is 12.7. The van der Waals surface area contributed by atoms with Gasteiger partial charge in [-0.15, -0.1) is 0 Å². The minimum Gasteiger partial charge on any atom is -0.264 e. The first-order valence-corrected chi connectivity index (χ1v) is 18.8. The molecule has 0 saturated carbocycles. The van der Waals surface area contributed by atoms with Crippen LogP contribution in [-0.2, 0) is 5.41 Å². The Morgan fingerprint density at radius 3 is 1.78 bits per heavy atom. The van der Waals surface area contributed by atoms with E-state index in [1.807, 2.05) is 30.5 Å². The van der Waals surface area contributed by atoms with Gasteiger partial charge in [-0.1, -0.05) is 172 Å². The third-order valence-electron chi connectivity index (χ3n) is 11.2. The molecule has 0 fully saturated rings. The van der Waals surface area contributed by atoms with Crippen LogP contribution in [0.25, 0.3) is 89.2 Å². The molecule has 0 N–H and O–H groups in total. The van der Waals surface area contributed by atoms with E-state index in [1.165, 1.54) is 49.9 Å². The minimum absolute atomic E-state index is 0.0940. The van der Waals surface area contributed by atoms with E-state index < -0.39 is 0 Å². The number of rotatable bonds is 6. The number of nitrogens with zero attached hydrogens (tertiary/aromatic N) is 3. The summed E-state index contributed by atoms with van der Waals surface area (Å²) >= 11 is 0. The third-order valence-corrected chi connectivity index (χ3v) is 11.2. The first-order valence-electron chi connectivity index (χ1n) is 18.8. The van der Waals surface area contributed by atoms with Gasteiger partial charge in [0.1, 0.15) is 0 Å². The quantitative estimate of drug-likeness (QED) is 0.173. The second-order valence-corrected chi connectivity index (χ2v) is 14.8. The molecule has 0 saturated heterocycles. The van der Waals surface area contributed by atoms with Crippen LogP contribution in [0.3, 0.4) is 0 Å². The van der Waals surface area contributed by atoms with Gasteiger partial charge in [0.05, 0.1) is 11.4 Å². The molecule has 0 atom stereocenters. The Morgan fingerprint density at radius 1 is 0.382 bits per heavy atom. The fourth-order valence-corrected chi connectivity index (χ4v) is 8.53. The molecular weight excluding hydrogens is 667 g/mol. The molecule has 2 aromatic heterocycles. The number of hydrogen-bond acceptors (Lipinski definition) is 3. The van der Waals surface area contributed by atoms with Crippen molar-refractivity contribution in [3.63, 3.8) is 0 Å². The molecule has 0 bridgehead atoms. The standard InChI is InChI=1S/C52H37N3/c1-52(2)47-23-9-8-20-44(47)46-22-11-21-41(50(46)52)38-16-10-15-37(31-38)40-28-29-45(43-19-7-6-18-42(40)43)49-32-48(54-51(55-49)36-13-4-3-5-14-36)35-26-24-34(25-27-35)39-17-12-30-53-33-39/h3-33H,1-2H3. The molecule has 0 amide bonds. The largest absolute Gasteiger partial charge is 0.264 e. The molecule has 260 valence electrons. The maximum atomic E-state index is 5.22. The Kier molecular flexibility index (Phi) is 7.81. The molecule has 0 aliphatic heterocycles. The zero-order chi connectivity index (χ0) is 36.9. The van der Waals surface area contributed by atoms with Crippen LogP contribution in [0.5, 0.6) is 0 Å². The van der Waals surface area contributed by atoms with Crippen molar-refractivity contribution in [2.45, 2.75) is 19.3 Å². The van der Waals surface area contributed by atoms with Crippen LogP contribution >= 0.6 is 0 Å². The van der Waals surface area contributed by atoms with Crippen molar-refractivity contribution in [2.75, 3.05) is 0 Å². The van der Waals surface area contributed by atoms with Crippen LogP contribution in [0, 0.1) is 0 Å². The van der Waals surface area contributed by atoms with E-state index >= 15 is 0 Å². The van der Waals surface area contributed by atoms with Crippen molar-refractivity contribution in [3.05, 3.63) is 199 Å². The highest BCUT2D eigenvalue weighted by molar-refractivity contribution is 6.05. The summed E-state index contributed by atoms with van der Waals surface area (Å²) in [4.78, 5) is 14.6. The first-order chi connectivity index (χ1) is 27.0. The molecule has 0 unspecified atom stereocenters. The van der Waals surface area contributed by atoms with E-state index in [-0.39, 0.29) is 5.41 Å². The topological polar surface area (TPSA) is 38.7 Å². The zero-order valence-electron chi connectivity index (χ0n) is 30.7. The lowest BCUT2D eigenvalue weighted by Gasteiger charge is -2.24. The highest BCUT2D eigenvalue weighted by Gasteiger charge is 2.37. The van der Waals surface area contributed by atoms with E-state index in [0.717, 1.165) is 44.6 Å². The summed E-state index contributed by atoms with van der Waals surface area (Å²) in [6.45, 7) is 4.72. The molecule has 0 radical (unpaired) electrons. The number of aromatic nitrogens is 3. The number of pyridine rings is 1. The molecule has 3 heteroatoms. The third kappa shape index (κ3) is 5.64. The maximum absolute atomic E-state index is 5.22. The van der Waals surface area contributed by atoms with Crippen molar-refractivity contribution in [1.82, 2.24) is 15.0 Å². The van der Waals surface area contributed by atoms with Crippen LogP contribution < -0.4 is 0 Å². The van der Waals surface area contributed by atoms with E-state index in [9.17, 15) is 0 Å². The van der Waals surface area contributed by atoms with E-state index in [2.05, 4.69) is 170 Å². The van der Waals surface area contributed by atoms with Crippen LogP contribution in [0.1, 0.15) is 25.0 Å². The summed E-state index contributed by atoms with van der Waals surface area (Å²) < 4.78 is 0. The summed E-state index contributed by atoms with van der Waals surface area (Å²) in [7, 11) is 0. The molecular formula is C52H37N3. The zero-order valence-corrected chi connectivity index (χ0v) is 30.7. The molecule has 9 aromatic rings. The van der Waals surface area contributed by atoms with Gasteiger partial charge in [0, 0.05) is 34.5 Å². The number of hydrogen-bond donors (Lipinski definition) is 0. The van der Waals surface area contributed by atoms with E-state index in [0.29, 0.717) is 5.82 Å². The van der Waals surface area contributed by atoms with Gasteiger partial charge in [0.15, 0.2) is 5.82 Å². The van der Waals surface area contributed by atoms with Gasteiger partial charge in [0.25, 0.3) is 0 Å². The highest BCUT2D eigenvalue weighted by Crippen LogP contribution is 2.52. The summed E-state index contributed by atoms with van der Waals surface area (Å²) in [6, 6.07) is 62.9. The smallest absolute Gasteiger partial charge is 0.160 e. The predicted molar refractivity (Wildman–Crippen MR) is 228 cm³/mol. The van der Waals surface area contributed by atoms with E-state index in [4.69, 9.17) is 9.97 Å². The molecule has 0 spiro atoms. The monoisotopic (exact) mass is 703 g/mol. The first kappa shape index (κ1) is 32.7. The molecule has 1 aliphatic carbocycles. The fraction of sp³-hybridized carbons (Fsp3) is 0.0577. The van der Waals surface area contributed by atoms with Crippen LogP contribution in [0.2, 0.25) is 0 Å². The Labute approximate surface area is 321 Å². The summed E-state index contributed by atoms with van der Waals surface area (Å²) in [5.74, 6) is 0.700. The number of benzene rings is 7. The molecule has 10 rings (SSSR count). The molecule has 7 aromatic carbocycles. The Balaban J connectivity index is 1.09. The van der Waals surface area contributed by atoms with Gasteiger partial charge >= 0.3 is 0 Å². The van der Waals surface area contributed by atoms with Crippen molar-refractivity contribution >= 4 is 10.8 Å². The van der Waals surface area contributed by atoms with Crippen molar-refractivity contribution in [1.29, 1.82) is 0 Å². The highest BCUT2D eigenvalue weighted by atomic mass is 14.9. The lowest BCUT2D eigenvalue weighted by atomic mass is 9.78. The van der Waals surface area contributed by atoms with Gasteiger partial charge < -0.3 is 0 Å². The van der Waals surface area contributed by atoms with Crippen molar-refractivity contribution in [2.24, 2.45) is 0 Å². The average molecular weight is 704 g/mol. The van der Waals surface area contributed by atoms with Crippen LogP contribution in [0.4, 0.5) is 0 Å². The Hall–Kier alpha value is -6.97. The van der Waals surface area contributed by atoms with E-state index in [1.54, 1.807) is 6.20 Å². The predicted octanol–water partition coefficient (Wildman–Crippen LogP) is 13.3. The van der Waals surface area contributed by atoms with Crippen molar-refractivity contribution < 1.29 is 0 Å². The molecule has 2 heterocycles. The van der Waals surface area contributed by atoms with Gasteiger partial charge in [-0.2, -0.15) is 0 Å². The van der Waals surface area contributed by atoms with Crippen LogP contribution in [-0.4, -0.2) is 15.0 Å². The Morgan fingerprint density at radius 2 is 0.982 bits per heavy atom. The second kappa shape index (κ2) is 13.2. The Bertz CT molecular complexity index is 2870. The van der Waals surface area contributed by atoms with Gasteiger partial charge in [-0.25, -0.2) is 9.97 Å². The van der Waals surface area contributed by atoms with Gasteiger partial charge in [0.2, 0.25) is 0 Å². The SMILES string of the molecule is CC1(C)c2ccccc2-c2cccc(-c3cccc(-c4ccc(-c5cc(-c6ccc(-c7cccnc7)cc6)nc(-c6ccccc6)n5)c5ccccc45)c3)c21. The molecule has 1 aliphatic rings. The average Bonchev–Trinajstić information content (AvgIpc) is 3.50. The summed E-state index contributed by atoms with van der Waals surface area (Å²) in [5.41, 5.74) is 17.3. The molecule has 3 nitrogen and oxygen atoms in total. The summed E-state index contributed by atoms with van der Waals surface area (Å²) in [6.07, 6.45) is 3.69. The number of fused-ring (bicyclic) bond motifs is 4. The minimum atomic E-state index is -0.0940. The summed E-state index contributed by atoms with van der Waals surface area (Å²) in [5, 5.41) is 2.34. The van der Waals surface area contributed by atoms with Crippen molar-refractivity contribution in [3.8, 4) is 78.4 Å². The lowest BCUT2D eigenvalue weighted by Crippen LogP contribution is -2.16. The fourth-order valence-electron chi connectivity index (χ4n) is 8.53. The van der Waals surface area contributed by atoms with Gasteiger partial charge in [-0.3, -0.25) is 4.98 Å². The second-order valence-electron chi connectivity index (χ2n) is 14.8. The molecule has 55 heavy (non-hydrogen) atoms. The lowest BCUT2D eigenvalue weighted by molar-refractivity contribution is 0.662. The van der Waals surface area contributed by atoms with Crippen LogP contribution in [0.15, 0.2) is 188 Å². The van der Waals surface area contributed by atoms with Gasteiger partial charge in [-0.05, 0) is 84.6 Å².